The number of rotatable bonds is 10. The van der Waals surface area contributed by atoms with Crippen LogP contribution in [0.1, 0.15) is 20.3 Å². The molecular weight excluding hydrogens is 228 g/mol. The normalized spacial score (nSPS) is 14.1. The molecule has 16 heavy (non-hydrogen) atoms. The fourth-order valence-corrected chi connectivity index (χ4v) is 2.51. The highest BCUT2D eigenvalue weighted by atomic mass is 28.4. The Hall–Kier alpha value is 0.0169. The van der Waals surface area contributed by atoms with Gasteiger partial charge in [0.05, 0.1) is 13.2 Å². The van der Waals surface area contributed by atoms with Gasteiger partial charge in [0.2, 0.25) is 0 Å². The molecule has 0 spiro atoms. The molecule has 0 fully saturated rings. The third kappa shape index (κ3) is 5.93. The standard InChI is InChI=1S/C10H24O5Si/c1-6-10(2)9-15-14-7-8-16(11-3,12-4)13-5/h10H,6-9H2,1-5H3. The average Bonchev–Trinajstić information content (AvgIpc) is 2.34. The van der Waals surface area contributed by atoms with Gasteiger partial charge in [-0.05, 0) is 5.92 Å². The molecule has 0 radical (unpaired) electrons. The first-order valence-electron chi connectivity index (χ1n) is 5.54. The van der Waals surface area contributed by atoms with Crippen LogP contribution in [0.3, 0.4) is 0 Å². The molecule has 0 bridgehead atoms. The molecule has 0 saturated carbocycles. The van der Waals surface area contributed by atoms with E-state index in [4.69, 9.17) is 23.1 Å². The van der Waals surface area contributed by atoms with Gasteiger partial charge in [-0.1, -0.05) is 20.3 Å². The highest BCUT2D eigenvalue weighted by molar-refractivity contribution is 6.60. The number of hydrogen-bond donors (Lipinski definition) is 0. The van der Waals surface area contributed by atoms with Crippen LogP contribution in [0.2, 0.25) is 6.04 Å². The van der Waals surface area contributed by atoms with E-state index >= 15 is 0 Å². The summed E-state index contributed by atoms with van der Waals surface area (Å²) in [4.78, 5) is 10.1. The highest BCUT2D eigenvalue weighted by Crippen LogP contribution is 2.12. The largest absolute Gasteiger partial charge is 0.502 e. The van der Waals surface area contributed by atoms with E-state index in [0.29, 0.717) is 25.2 Å². The molecule has 0 saturated heterocycles. The molecule has 0 aromatic heterocycles. The van der Waals surface area contributed by atoms with Gasteiger partial charge in [0.1, 0.15) is 0 Å². The summed E-state index contributed by atoms with van der Waals surface area (Å²) in [6.45, 7) is 5.25. The quantitative estimate of drug-likeness (QED) is 0.257. The summed E-state index contributed by atoms with van der Waals surface area (Å²) < 4.78 is 15.7. The maximum Gasteiger partial charge on any atom is 0.502 e. The minimum Gasteiger partial charge on any atom is -0.377 e. The fourth-order valence-electron chi connectivity index (χ4n) is 1.06. The summed E-state index contributed by atoms with van der Waals surface area (Å²) in [5.41, 5.74) is 0. The molecule has 0 N–H and O–H groups in total. The predicted octanol–water partition coefficient (Wildman–Crippen LogP) is 1.86. The molecule has 0 aromatic carbocycles. The van der Waals surface area contributed by atoms with Crippen molar-refractivity contribution in [1.82, 2.24) is 0 Å². The second-order valence-electron chi connectivity index (χ2n) is 3.67. The third-order valence-corrected chi connectivity index (χ3v) is 5.24. The lowest BCUT2D eigenvalue weighted by atomic mass is 10.1. The fraction of sp³-hybridized carbons (Fsp3) is 1.00. The van der Waals surface area contributed by atoms with Gasteiger partial charge in [-0.15, -0.1) is 0 Å². The molecule has 1 atom stereocenters. The molecule has 0 aromatic rings. The Labute approximate surface area is 99.3 Å². The van der Waals surface area contributed by atoms with E-state index in [0.717, 1.165) is 6.42 Å². The van der Waals surface area contributed by atoms with Crippen LogP contribution in [0.25, 0.3) is 0 Å². The summed E-state index contributed by atoms with van der Waals surface area (Å²) in [6, 6.07) is 0.580. The Morgan fingerprint density at radius 1 is 1.00 bits per heavy atom. The minimum atomic E-state index is -2.51. The molecule has 0 heterocycles. The van der Waals surface area contributed by atoms with Crippen LogP contribution in [-0.4, -0.2) is 43.3 Å². The molecule has 0 aliphatic carbocycles. The Morgan fingerprint density at radius 2 is 1.56 bits per heavy atom. The van der Waals surface area contributed by atoms with Gasteiger partial charge in [-0.25, -0.2) is 9.78 Å². The van der Waals surface area contributed by atoms with Gasteiger partial charge >= 0.3 is 8.80 Å². The Bertz CT molecular complexity index is 155. The summed E-state index contributed by atoms with van der Waals surface area (Å²) in [5.74, 6) is 0.509. The highest BCUT2D eigenvalue weighted by Gasteiger charge is 2.37. The van der Waals surface area contributed by atoms with Gasteiger partial charge in [-0.2, -0.15) is 0 Å². The van der Waals surface area contributed by atoms with Gasteiger partial charge in [0.25, 0.3) is 0 Å². The van der Waals surface area contributed by atoms with Crippen molar-refractivity contribution in [3.8, 4) is 0 Å². The lowest BCUT2D eigenvalue weighted by Crippen LogP contribution is -2.43. The van der Waals surface area contributed by atoms with Crippen LogP contribution < -0.4 is 0 Å². The Balaban J connectivity index is 3.63. The van der Waals surface area contributed by atoms with E-state index in [9.17, 15) is 0 Å². The zero-order chi connectivity index (χ0) is 12.4. The minimum absolute atomic E-state index is 0.415. The summed E-state index contributed by atoms with van der Waals surface area (Å²) >= 11 is 0. The van der Waals surface area contributed by atoms with Crippen LogP contribution in [0, 0.1) is 5.92 Å². The maximum atomic E-state index is 5.24. The molecular formula is C10H24O5Si. The summed E-state index contributed by atoms with van der Waals surface area (Å²) in [6.07, 6.45) is 1.08. The van der Waals surface area contributed by atoms with E-state index in [-0.39, 0.29) is 0 Å². The monoisotopic (exact) mass is 252 g/mol. The SMILES string of the molecule is CCC(C)COOCC[Si](OC)(OC)OC. The van der Waals surface area contributed by atoms with Gasteiger partial charge in [0.15, 0.2) is 0 Å². The van der Waals surface area contributed by atoms with Crippen molar-refractivity contribution < 1.29 is 23.1 Å². The van der Waals surface area contributed by atoms with Crippen LogP contribution in [0.15, 0.2) is 0 Å². The molecule has 1 unspecified atom stereocenters. The van der Waals surface area contributed by atoms with E-state index < -0.39 is 8.80 Å². The molecule has 98 valence electrons. The lowest BCUT2D eigenvalue weighted by molar-refractivity contribution is -0.298. The van der Waals surface area contributed by atoms with Gasteiger partial charge in [0, 0.05) is 27.4 Å². The second kappa shape index (κ2) is 9.09. The van der Waals surface area contributed by atoms with Gasteiger partial charge < -0.3 is 13.3 Å². The smallest absolute Gasteiger partial charge is 0.377 e. The molecule has 0 amide bonds. The first kappa shape index (κ1) is 16.0. The molecule has 0 rings (SSSR count). The Morgan fingerprint density at radius 3 is 2.00 bits per heavy atom. The van der Waals surface area contributed by atoms with E-state index in [1.165, 1.54) is 0 Å². The summed E-state index contributed by atoms with van der Waals surface area (Å²) in [7, 11) is 2.24. The van der Waals surface area contributed by atoms with E-state index in [1.807, 2.05) is 0 Å². The van der Waals surface area contributed by atoms with Crippen molar-refractivity contribution in [1.29, 1.82) is 0 Å². The van der Waals surface area contributed by atoms with E-state index in [2.05, 4.69) is 13.8 Å². The lowest BCUT2D eigenvalue weighted by Gasteiger charge is -2.23. The van der Waals surface area contributed by atoms with Crippen LogP contribution in [0.5, 0.6) is 0 Å². The topological polar surface area (TPSA) is 46.2 Å². The van der Waals surface area contributed by atoms with Crippen LogP contribution >= 0.6 is 0 Å². The molecule has 6 heteroatoms. The average molecular weight is 252 g/mol. The zero-order valence-electron chi connectivity index (χ0n) is 10.9. The van der Waals surface area contributed by atoms with Crippen LogP contribution in [-0.2, 0) is 23.1 Å². The third-order valence-electron chi connectivity index (χ3n) is 2.56. The van der Waals surface area contributed by atoms with Crippen molar-refractivity contribution in [3.05, 3.63) is 0 Å². The van der Waals surface area contributed by atoms with Crippen molar-refractivity contribution >= 4 is 8.80 Å². The van der Waals surface area contributed by atoms with Crippen molar-refractivity contribution in [2.45, 2.75) is 26.3 Å². The number of hydrogen-bond acceptors (Lipinski definition) is 5. The first-order chi connectivity index (χ1) is 7.64. The zero-order valence-corrected chi connectivity index (χ0v) is 11.9. The molecule has 0 aliphatic rings. The molecule has 5 nitrogen and oxygen atoms in total. The van der Waals surface area contributed by atoms with Crippen LogP contribution in [0.4, 0.5) is 0 Å². The van der Waals surface area contributed by atoms with E-state index in [1.54, 1.807) is 21.3 Å². The van der Waals surface area contributed by atoms with Crippen molar-refractivity contribution in [2.24, 2.45) is 5.92 Å². The maximum absolute atomic E-state index is 5.24. The van der Waals surface area contributed by atoms with Gasteiger partial charge in [-0.3, -0.25) is 0 Å². The van der Waals surface area contributed by atoms with Crippen molar-refractivity contribution in [2.75, 3.05) is 34.5 Å². The first-order valence-corrected chi connectivity index (χ1v) is 7.47. The Kier molecular flexibility index (Phi) is 9.10. The summed E-state index contributed by atoms with van der Waals surface area (Å²) in [5, 5.41) is 0. The van der Waals surface area contributed by atoms with Crippen molar-refractivity contribution in [3.63, 3.8) is 0 Å². The predicted molar refractivity (Wildman–Crippen MR) is 62.9 cm³/mol. The second-order valence-corrected chi connectivity index (χ2v) is 6.76. The molecule has 0 aliphatic heterocycles.